The van der Waals surface area contributed by atoms with Gasteiger partial charge in [-0.1, -0.05) is 62.4 Å². The van der Waals surface area contributed by atoms with E-state index in [2.05, 4.69) is 20.3 Å². The topological polar surface area (TPSA) is 135 Å². The Morgan fingerprint density at radius 2 is 1.76 bits per heavy atom. The minimum Gasteiger partial charge on any atom is -0.495 e. The van der Waals surface area contributed by atoms with E-state index in [9.17, 15) is 4.79 Å². The van der Waals surface area contributed by atoms with Gasteiger partial charge < -0.3 is 20.5 Å². The fourth-order valence-electron chi connectivity index (χ4n) is 3.10. The van der Waals surface area contributed by atoms with Crippen LogP contribution in [-0.2, 0) is 9.53 Å². The number of amides is 1. The van der Waals surface area contributed by atoms with E-state index in [0.717, 1.165) is 11.1 Å². The molecule has 1 aromatic heterocycles. The third-order valence-electron chi connectivity index (χ3n) is 4.63. The average molecular weight is 459 g/mol. The van der Waals surface area contributed by atoms with E-state index in [-0.39, 0.29) is 17.6 Å². The second-order valence-corrected chi connectivity index (χ2v) is 6.73. The van der Waals surface area contributed by atoms with Gasteiger partial charge in [-0.2, -0.15) is 4.99 Å². The molecule has 174 valence electrons. The Morgan fingerprint density at radius 3 is 2.44 bits per heavy atom. The molecule has 9 heteroatoms. The maximum absolute atomic E-state index is 12.8. The summed E-state index contributed by atoms with van der Waals surface area (Å²) in [7, 11) is 1.52. The van der Waals surface area contributed by atoms with Crippen molar-refractivity contribution in [1.82, 2.24) is 4.98 Å². The average Bonchev–Trinajstić information content (AvgIpc) is 3.02. The molecule has 0 spiro atoms. The van der Waals surface area contributed by atoms with Crippen LogP contribution in [-0.4, -0.2) is 41.8 Å². The number of nitrogens with zero attached hydrogens (tertiary/aromatic N) is 3. The number of benzodiazepines with no additional fused rings is 1. The third kappa shape index (κ3) is 5.63. The molecule has 0 saturated carbocycles. The third-order valence-corrected chi connectivity index (χ3v) is 4.63. The summed E-state index contributed by atoms with van der Waals surface area (Å²) in [5.74, 6) is -0.247. The molecule has 0 bridgehead atoms. The Kier molecular flexibility index (Phi) is 8.07. The molecule has 1 atom stereocenters. The van der Waals surface area contributed by atoms with Crippen molar-refractivity contribution in [2.24, 2.45) is 15.7 Å². The highest BCUT2D eigenvalue weighted by atomic mass is 16.5. The van der Waals surface area contributed by atoms with Gasteiger partial charge >= 0.3 is 0 Å². The van der Waals surface area contributed by atoms with Crippen LogP contribution < -0.4 is 15.8 Å². The van der Waals surface area contributed by atoms with Gasteiger partial charge in [0.2, 0.25) is 12.1 Å². The van der Waals surface area contributed by atoms with Crippen LogP contribution in [0.3, 0.4) is 0 Å². The predicted molar refractivity (Wildman–Crippen MR) is 133 cm³/mol. The summed E-state index contributed by atoms with van der Waals surface area (Å²) < 4.78 is 10.3. The summed E-state index contributed by atoms with van der Waals surface area (Å²) in [4.78, 5) is 25.5. The van der Waals surface area contributed by atoms with Gasteiger partial charge in [0.1, 0.15) is 11.4 Å². The quantitative estimate of drug-likeness (QED) is 0.406. The molecule has 1 aliphatic rings. The molecule has 0 aliphatic carbocycles. The summed E-state index contributed by atoms with van der Waals surface area (Å²) in [6.07, 6.45) is 0.252. The van der Waals surface area contributed by atoms with Gasteiger partial charge in [-0.3, -0.25) is 10.2 Å². The molecule has 34 heavy (non-hydrogen) atoms. The highest BCUT2D eigenvalue weighted by molar-refractivity contribution is 6.19. The number of aromatic nitrogens is 1. The van der Waals surface area contributed by atoms with Crippen molar-refractivity contribution in [1.29, 1.82) is 5.41 Å². The molecule has 9 nitrogen and oxygen atoms in total. The number of anilines is 1. The minimum atomic E-state index is -1.20. The zero-order valence-electron chi connectivity index (χ0n) is 19.1. The lowest BCUT2D eigenvalue weighted by Gasteiger charge is -2.10. The van der Waals surface area contributed by atoms with E-state index in [1.165, 1.54) is 13.3 Å². The van der Waals surface area contributed by atoms with Crippen molar-refractivity contribution in [2.45, 2.75) is 20.0 Å². The molecule has 4 N–H and O–H groups in total. The monoisotopic (exact) mass is 458 g/mol. The van der Waals surface area contributed by atoms with Crippen LogP contribution in [0.25, 0.3) is 0 Å². The molecule has 1 aliphatic heterocycles. The molecule has 1 amide bonds. The van der Waals surface area contributed by atoms with E-state index in [1.54, 1.807) is 18.2 Å². The lowest BCUT2D eigenvalue weighted by molar-refractivity contribution is -0.117. The fraction of sp³-hybridized carbons (Fsp3) is 0.160. The molecule has 2 heterocycles. The SMILES string of the molecule is CC.COc1ccc(C(=N)O/C(N)=N/C2N=C(c3ccccc3)c3ccccc3NC2=O)nc1. The number of benzene rings is 2. The van der Waals surface area contributed by atoms with Crippen LogP contribution in [0, 0.1) is 5.41 Å². The van der Waals surface area contributed by atoms with Crippen molar-refractivity contribution >= 4 is 29.2 Å². The molecule has 1 unspecified atom stereocenters. The van der Waals surface area contributed by atoms with Crippen LogP contribution in [0.2, 0.25) is 0 Å². The van der Waals surface area contributed by atoms with E-state index in [4.69, 9.17) is 20.6 Å². The molecule has 2 aromatic carbocycles. The van der Waals surface area contributed by atoms with Gasteiger partial charge in [-0.25, -0.2) is 9.98 Å². The summed E-state index contributed by atoms with van der Waals surface area (Å²) >= 11 is 0. The minimum absolute atomic E-state index is 0.232. The highest BCUT2D eigenvalue weighted by Gasteiger charge is 2.26. The second-order valence-electron chi connectivity index (χ2n) is 6.73. The fourth-order valence-corrected chi connectivity index (χ4v) is 3.10. The van der Waals surface area contributed by atoms with Gasteiger partial charge in [-0.05, 0) is 18.2 Å². The van der Waals surface area contributed by atoms with E-state index < -0.39 is 12.1 Å². The molecule has 0 radical (unpaired) electrons. The van der Waals surface area contributed by atoms with Crippen LogP contribution in [0.4, 0.5) is 5.69 Å². The van der Waals surface area contributed by atoms with Crippen molar-refractivity contribution in [3.63, 3.8) is 0 Å². The summed E-state index contributed by atoms with van der Waals surface area (Å²) in [5, 5.41) is 10.9. The number of hydrogen-bond acceptors (Lipinski definition) is 7. The number of fused-ring (bicyclic) bond motifs is 1. The Labute approximate surface area is 197 Å². The Hall–Kier alpha value is -4.53. The number of para-hydroxylation sites is 1. The summed E-state index contributed by atoms with van der Waals surface area (Å²) in [5.41, 5.74) is 8.92. The molecule has 3 aromatic rings. The number of aliphatic imine (C=N–C) groups is 2. The lowest BCUT2D eigenvalue weighted by Crippen LogP contribution is -2.29. The number of amidine groups is 1. The Bertz CT molecular complexity index is 1210. The Balaban J connectivity index is 0.00000158. The number of nitrogens with two attached hydrogens (primary N) is 1. The van der Waals surface area contributed by atoms with Gasteiger partial charge in [0.05, 0.1) is 24.7 Å². The highest BCUT2D eigenvalue weighted by Crippen LogP contribution is 2.24. The number of ether oxygens (including phenoxy) is 2. The van der Waals surface area contributed by atoms with Gasteiger partial charge in [-0.15, -0.1) is 0 Å². The first-order chi connectivity index (χ1) is 16.5. The van der Waals surface area contributed by atoms with Crippen molar-refractivity contribution in [3.05, 3.63) is 89.7 Å². The number of nitrogens with one attached hydrogen (secondary N) is 2. The smallest absolute Gasteiger partial charge is 0.291 e. The number of rotatable bonds is 4. The first-order valence-electron chi connectivity index (χ1n) is 10.7. The van der Waals surface area contributed by atoms with Crippen molar-refractivity contribution in [3.8, 4) is 5.75 Å². The normalized spacial score (nSPS) is 14.9. The summed E-state index contributed by atoms with van der Waals surface area (Å²) in [6.45, 7) is 4.00. The van der Waals surface area contributed by atoms with Crippen LogP contribution in [0.5, 0.6) is 5.75 Å². The standard InChI is InChI=1S/C23H20N6O3.C2H6/c1-31-15-11-12-18(26-13-15)20(24)32-23(25)29-21-22(30)27-17-10-6-5-9-16(17)19(28-21)14-7-3-2-4-8-14;1-2/h2-13,21,24H,1H3,(H2,25,29)(H,27,30);1-2H3. The van der Waals surface area contributed by atoms with Crippen LogP contribution >= 0.6 is 0 Å². The number of carbonyl (C=O) groups is 1. The maximum atomic E-state index is 12.8. The zero-order chi connectivity index (χ0) is 24.5. The molecular weight excluding hydrogens is 432 g/mol. The predicted octanol–water partition coefficient (Wildman–Crippen LogP) is 3.59. The molecule has 4 rings (SSSR count). The van der Waals surface area contributed by atoms with Crippen LogP contribution in [0.1, 0.15) is 30.7 Å². The van der Waals surface area contributed by atoms with Crippen molar-refractivity contribution < 1.29 is 14.3 Å². The zero-order valence-corrected chi connectivity index (χ0v) is 19.1. The Morgan fingerprint density at radius 1 is 1.06 bits per heavy atom. The lowest BCUT2D eigenvalue weighted by atomic mass is 10.0. The van der Waals surface area contributed by atoms with Gasteiger partial charge in [0.25, 0.3) is 11.9 Å². The van der Waals surface area contributed by atoms with Gasteiger partial charge in [0.15, 0.2) is 0 Å². The van der Waals surface area contributed by atoms with E-state index in [0.29, 0.717) is 17.1 Å². The second kappa shape index (κ2) is 11.4. The molecule has 0 fully saturated rings. The molecular formula is C25H26N6O3. The largest absolute Gasteiger partial charge is 0.495 e. The van der Waals surface area contributed by atoms with Crippen molar-refractivity contribution in [2.75, 3.05) is 12.4 Å². The number of methoxy groups -OCH3 is 1. The maximum Gasteiger partial charge on any atom is 0.291 e. The first-order valence-corrected chi connectivity index (χ1v) is 10.7. The number of pyridine rings is 1. The number of hydrogen-bond donors (Lipinski definition) is 3. The summed E-state index contributed by atoms with van der Waals surface area (Å²) in [6, 6.07) is 19.6. The van der Waals surface area contributed by atoms with Crippen LogP contribution in [0.15, 0.2) is 82.9 Å². The molecule has 0 saturated heterocycles. The van der Waals surface area contributed by atoms with E-state index >= 15 is 0 Å². The number of carbonyl (C=O) groups excluding carboxylic acids is 1. The van der Waals surface area contributed by atoms with E-state index in [1.807, 2.05) is 62.4 Å². The van der Waals surface area contributed by atoms with Gasteiger partial charge in [0, 0.05) is 11.1 Å². The first kappa shape index (κ1) is 24.1.